The van der Waals surface area contributed by atoms with Gasteiger partial charge in [0.1, 0.15) is 12.3 Å². The number of benzene rings is 2. The third-order valence-corrected chi connectivity index (χ3v) is 5.72. The molecule has 3 N–H and O–H groups in total. The molecule has 0 aliphatic rings. The molecular weight excluding hydrogens is 434 g/mol. The molecule has 0 saturated carbocycles. The zero-order valence-corrected chi connectivity index (χ0v) is 19.2. The minimum absolute atomic E-state index is 0.182. The van der Waals surface area contributed by atoms with Crippen LogP contribution in [0.2, 0.25) is 5.02 Å². The maximum absolute atomic E-state index is 12.8. The molecular formula is C23H28ClN3O3S. The standard InChI is InChI=1S/C23H28ClN3O3S/c1-16(2)12-21(27-23(30)26-19-6-4-3-5-7-19)22(29)25-20(13-28)15-31-14-17-8-10-18(24)11-9-17/h3-11,13,16,20-21H,12,14-15H2,1-2H3,(H,25,29)(H2,26,27,30)/t20?,21-/m1/s1. The Balaban J connectivity index is 1.88. The van der Waals surface area contributed by atoms with E-state index >= 15 is 0 Å². The summed E-state index contributed by atoms with van der Waals surface area (Å²) < 4.78 is 0. The van der Waals surface area contributed by atoms with Crippen LogP contribution in [0.4, 0.5) is 10.5 Å². The number of hydrogen-bond acceptors (Lipinski definition) is 4. The Bertz CT molecular complexity index is 847. The minimum Gasteiger partial charge on any atom is -0.344 e. The second-order valence-electron chi connectivity index (χ2n) is 7.54. The first-order valence-electron chi connectivity index (χ1n) is 10.1. The van der Waals surface area contributed by atoms with E-state index in [1.165, 1.54) is 11.8 Å². The largest absolute Gasteiger partial charge is 0.344 e. The van der Waals surface area contributed by atoms with Crippen LogP contribution in [-0.4, -0.2) is 36.1 Å². The summed E-state index contributed by atoms with van der Waals surface area (Å²) in [5.74, 6) is 0.940. The molecule has 0 radical (unpaired) electrons. The molecule has 0 fully saturated rings. The van der Waals surface area contributed by atoms with E-state index in [1.807, 2.05) is 56.3 Å². The first-order valence-corrected chi connectivity index (χ1v) is 11.6. The van der Waals surface area contributed by atoms with E-state index < -0.39 is 18.1 Å². The van der Waals surface area contributed by atoms with Crippen LogP contribution in [0.3, 0.4) is 0 Å². The Morgan fingerprint density at radius 2 is 1.71 bits per heavy atom. The fourth-order valence-corrected chi connectivity index (χ4v) is 3.92. The lowest BCUT2D eigenvalue weighted by molar-refractivity contribution is -0.125. The van der Waals surface area contributed by atoms with Gasteiger partial charge in [-0.25, -0.2) is 4.79 Å². The number of anilines is 1. The molecule has 2 atom stereocenters. The van der Waals surface area contributed by atoms with Gasteiger partial charge in [0.05, 0.1) is 6.04 Å². The number of rotatable bonds is 11. The molecule has 3 amide bonds. The van der Waals surface area contributed by atoms with Gasteiger partial charge in [0.2, 0.25) is 5.91 Å². The Labute approximate surface area is 192 Å². The van der Waals surface area contributed by atoms with Crippen molar-refractivity contribution in [1.82, 2.24) is 10.6 Å². The van der Waals surface area contributed by atoms with Gasteiger partial charge in [-0.2, -0.15) is 11.8 Å². The maximum Gasteiger partial charge on any atom is 0.319 e. The van der Waals surface area contributed by atoms with E-state index in [4.69, 9.17) is 11.6 Å². The first kappa shape index (κ1) is 24.8. The monoisotopic (exact) mass is 461 g/mol. The number of hydrogen-bond donors (Lipinski definition) is 3. The lowest BCUT2D eigenvalue weighted by Gasteiger charge is -2.22. The van der Waals surface area contributed by atoms with Gasteiger partial charge in [0.15, 0.2) is 0 Å². The summed E-state index contributed by atoms with van der Waals surface area (Å²) in [6.07, 6.45) is 1.18. The number of halogens is 1. The van der Waals surface area contributed by atoms with Crippen LogP contribution in [0.25, 0.3) is 0 Å². The molecule has 0 aliphatic carbocycles. The number of para-hydroxylation sites is 1. The van der Waals surface area contributed by atoms with Crippen molar-refractivity contribution in [3.8, 4) is 0 Å². The van der Waals surface area contributed by atoms with E-state index in [9.17, 15) is 14.4 Å². The summed E-state index contributed by atoms with van der Waals surface area (Å²) in [7, 11) is 0. The highest BCUT2D eigenvalue weighted by Gasteiger charge is 2.24. The second-order valence-corrected chi connectivity index (χ2v) is 9.01. The number of aldehydes is 1. The third kappa shape index (κ3) is 9.44. The summed E-state index contributed by atoms with van der Waals surface area (Å²) in [5, 5.41) is 8.85. The van der Waals surface area contributed by atoms with E-state index in [0.717, 1.165) is 11.8 Å². The van der Waals surface area contributed by atoms with Crippen LogP contribution >= 0.6 is 23.4 Å². The summed E-state index contributed by atoms with van der Waals surface area (Å²) in [4.78, 5) is 36.6. The summed E-state index contributed by atoms with van der Waals surface area (Å²) in [6, 6.07) is 14.6. The molecule has 0 spiro atoms. The van der Waals surface area contributed by atoms with Crippen LogP contribution < -0.4 is 16.0 Å². The average Bonchev–Trinajstić information content (AvgIpc) is 2.74. The molecule has 1 unspecified atom stereocenters. The molecule has 0 saturated heterocycles. The van der Waals surface area contributed by atoms with Crippen molar-refractivity contribution < 1.29 is 14.4 Å². The van der Waals surface area contributed by atoms with Gasteiger partial charge in [-0.3, -0.25) is 4.79 Å². The van der Waals surface area contributed by atoms with Gasteiger partial charge in [-0.15, -0.1) is 0 Å². The van der Waals surface area contributed by atoms with Crippen molar-refractivity contribution in [2.45, 2.75) is 38.1 Å². The molecule has 0 aliphatic heterocycles. The zero-order valence-electron chi connectivity index (χ0n) is 17.6. The minimum atomic E-state index is -0.743. The number of thioether (sulfide) groups is 1. The Kier molecular flexibility index (Phi) is 10.4. The van der Waals surface area contributed by atoms with Gasteiger partial charge in [-0.05, 0) is 42.2 Å². The number of urea groups is 1. The van der Waals surface area contributed by atoms with E-state index in [1.54, 1.807) is 12.1 Å². The zero-order chi connectivity index (χ0) is 22.6. The normalized spacial score (nSPS) is 12.6. The highest BCUT2D eigenvalue weighted by Crippen LogP contribution is 2.16. The predicted octanol–water partition coefficient (Wildman–Crippen LogP) is 4.49. The number of amides is 3. The van der Waals surface area contributed by atoms with Gasteiger partial charge >= 0.3 is 6.03 Å². The summed E-state index contributed by atoms with van der Waals surface area (Å²) >= 11 is 7.43. The molecule has 2 aromatic carbocycles. The third-order valence-electron chi connectivity index (χ3n) is 4.33. The molecule has 6 nitrogen and oxygen atoms in total. The maximum atomic E-state index is 12.8. The van der Waals surface area contributed by atoms with Crippen molar-refractivity contribution in [1.29, 1.82) is 0 Å². The smallest absolute Gasteiger partial charge is 0.319 e. The first-order chi connectivity index (χ1) is 14.9. The highest BCUT2D eigenvalue weighted by atomic mass is 35.5. The van der Waals surface area contributed by atoms with E-state index in [0.29, 0.717) is 28.6 Å². The molecule has 0 bridgehead atoms. The van der Waals surface area contributed by atoms with Crippen molar-refractivity contribution in [3.05, 3.63) is 65.2 Å². The molecule has 31 heavy (non-hydrogen) atoms. The number of carbonyl (C=O) groups excluding carboxylic acids is 3. The van der Waals surface area contributed by atoms with Gasteiger partial charge in [-0.1, -0.05) is 55.8 Å². The van der Waals surface area contributed by atoms with Crippen molar-refractivity contribution >= 4 is 47.3 Å². The van der Waals surface area contributed by atoms with Crippen LogP contribution in [0.5, 0.6) is 0 Å². The Morgan fingerprint density at radius 3 is 2.32 bits per heavy atom. The lowest BCUT2D eigenvalue weighted by atomic mass is 10.0. The molecule has 2 rings (SSSR count). The van der Waals surface area contributed by atoms with Gasteiger partial charge in [0.25, 0.3) is 0 Å². The van der Waals surface area contributed by atoms with Crippen LogP contribution in [0.1, 0.15) is 25.8 Å². The van der Waals surface area contributed by atoms with Crippen LogP contribution in [0.15, 0.2) is 54.6 Å². The van der Waals surface area contributed by atoms with E-state index in [-0.39, 0.29) is 11.8 Å². The van der Waals surface area contributed by atoms with Crippen LogP contribution in [0, 0.1) is 5.92 Å². The molecule has 8 heteroatoms. The van der Waals surface area contributed by atoms with E-state index in [2.05, 4.69) is 16.0 Å². The SMILES string of the molecule is CC(C)C[C@@H](NC(=O)Nc1ccccc1)C(=O)NC(C=O)CSCc1ccc(Cl)cc1. The Hall–Kier alpha value is -2.51. The highest BCUT2D eigenvalue weighted by molar-refractivity contribution is 7.98. The molecule has 166 valence electrons. The fourth-order valence-electron chi connectivity index (χ4n) is 2.83. The summed E-state index contributed by atoms with van der Waals surface area (Å²) in [5.41, 5.74) is 1.72. The molecule has 2 aromatic rings. The number of carbonyl (C=O) groups is 3. The quantitative estimate of drug-likeness (QED) is 0.430. The van der Waals surface area contributed by atoms with Gasteiger partial charge in [0, 0.05) is 22.2 Å². The Morgan fingerprint density at radius 1 is 1.03 bits per heavy atom. The molecule has 0 heterocycles. The van der Waals surface area contributed by atoms with Crippen LogP contribution in [-0.2, 0) is 15.3 Å². The van der Waals surface area contributed by atoms with Crippen molar-refractivity contribution in [2.24, 2.45) is 5.92 Å². The number of nitrogens with one attached hydrogen (secondary N) is 3. The average molecular weight is 462 g/mol. The van der Waals surface area contributed by atoms with Gasteiger partial charge < -0.3 is 20.7 Å². The summed E-state index contributed by atoms with van der Waals surface area (Å²) in [6.45, 7) is 3.94. The van der Waals surface area contributed by atoms with Crippen molar-refractivity contribution in [2.75, 3.05) is 11.1 Å². The molecule has 0 aromatic heterocycles. The topological polar surface area (TPSA) is 87.3 Å². The lowest BCUT2D eigenvalue weighted by Crippen LogP contribution is -2.52. The second kappa shape index (κ2) is 13.0. The predicted molar refractivity (Wildman–Crippen MR) is 127 cm³/mol. The van der Waals surface area contributed by atoms with Crippen molar-refractivity contribution in [3.63, 3.8) is 0 Å². The fraction of sp³-hybridized carbons (Fsp3) is 0.348.